The van der Waals surface area contributed by atoms with Crippen LogP contribution in [0.1, 0.15) is 157 Å². The van der Waals surface area contributed by atoms with Gasteiger partial charge in [-0.2, -0.15) is 0 Å². The highest BCUT2D eigenvalue weighted by molar-refractivity contribution is 5.89. The normalized spacial score (nSPS) is 34.8. The monoisotopic (exact) mass is 745 g/mol. The highest BCUT2D eigenvalue weighted by Crippen LogP contribution is 2.61. The number of fused-ring (bicyclic) bond motifs is 2. The standard InChI is InChI=1S/C21H27NO2.C11H18O.C9H11N.4C2H6/c1-21-11-14-9-16(12-21)19(17(10-14)13-21)24-20(23)22-8-4-6-15-5-2-3-7-18(15)22;1-11-4-7-2-8(5-11)10(12)9(3-7)6-11;1-2-6-9-8(4-1)5-3-7-10-9;4*1-2/h2-3,5,7,14,16-17,19H,4,6,8-13H2,1H3;7-10,12H,2-6H2,1H3;1-2,4,6,10H,3,5,7H2;4*1-2H3. The van der Waals surface area contributed by atoms with Gasteiger partial charge in [0.15, 0.2) is 0 Å². The Hall–Kier alpha value is -2.53. The van der Waals surface area contributed by atoms with Crippen LogP contribution in [0.25, 0.3) is 0 Å². The van der Waals surface area contributed by atoms with Crippen LogP contribution in [0.2, 0.25) is 0 Å². The predicted molar refractivity (Wildman–Crippen MR) is 230 cm³/mol. The number of rotatable bonds is 1. The van der Waals surface area contributed by atoms with Crippen LogP contribution in [-0.4, -0.2) is 36.5 Å². The molecule has 2 N–H and O–H groups in total. The third kappa shape index (κ3) is 10.3. The Kier molecular flexibility index (Phi) is 16.8. The summed E-state index contributed by atoms with van der Waals surface area (Å²) in [4.78, 5) is 14.8. The van der Waals surface area contributed by atoms with Crippen molar-refractivity contribution in [1.29, 1.82) is 0 Å². The van der Waals surface area contributed by atoms with E-state index >= 15 is 0 Å². The number of anilines is 2. The Morgan fingerprint density at radius 3 is 1.70 bits per heavy atom. The fourth-order valence-electron chi connectivity index (χ4n) is 12.3. The van der Waals surface area contributed by atoms with Crippen LogP contribution in [0.4, 0.5) is 16.2 Å². The number of carbonyl (C=O) groups is 1. The maximum absolute atomic E-state index is 12.9. The molecule has 2 aromatic rings. The summed E-state index contributed by atoms with van der Waals surface area (Å²) in [6, 6.07) is 16.8. The van der Waals surface area contributed by atoms with Gasteiger partial charge < -0.3 is 15.2 Å². The first-order valence-corrected chi connectivity index (χ1v) is 22.8. The molecule has 0 spiro atoms. The van der Waals surface area contributed by atoms with Crippen molar-refractivity contribution >= 4 is 17.5 Å². The van der Waals surface area contributed by atoms with E-state index in [9.17, 15) is 9.90 Å². The highest BCUT2D eigenvalue weighted by Gasteiger charge is 2.55. The predicted octanol–water partition coefficient (Wildman–Crippen LogP) is 13.1. The van der Waals surface area contributed by atoms with E-state index in [0.29, 0.717) is 34.5 Å². The molecule has 2 heterocycles. The van der Waals surface area contributed by atoms with Gasteiger partial charge in [0.2, 0.25) is 0 Å². The van der Waals surface area contributed by atoms with E-state index in [-0.39, 0.29) is 18.3 Å². The van der Waals surface area contributed by atoms with E-state index in [1.807, 2.05) is 66.4 Å². The lowest BCUT2D eigenvalue weighted by molar-refractivity contribution is -0.128. The quantitative estimate of drug-likeness (QED) is 0.305. The molecule has 4 atom stereocenters. The first-order valence-electron chi connectivity index (χ1n) is 22.8. The molecule has 4 unspecified atom stereocenters. The first-order chi connectivity index (χ1) is 26.2. The summed E-state index contributed by atoms with van der Waals surface area (Å²) in [5, 5.41) is 13.3. The van der Waals surface area contributed by atoms with Gasteiger partial charge in [0.25, 0.3) is 0 Å². The Morgan fingerprint density at radius 2 is 1.15 bits per heavy atom. The second-order valence-corrected chi connectivity index (χ2v) is 17.5. The number of aliphatic hydroxyl groups excluding tert-OH is 1. The van der Waals surface area contributed by atoms with Crippen LogP contribution in [0, 0.1) is 46.3 Å². The maximum Gasteiger partial charge on any atom is 0.414 e. The maximum atomic E-state index is 12.9. The van der Waals surface area contributed by atoms with Gasteiger partial charge in [-0.15, -0.1) is 0 Å². The zero-order valence-corrected chi connectivity index (χ0v) is 36.3. The second-order valence-electron chi connectivity index (χ2n) is 17.5. The first kappa shape index (κ1) is 44.2. The van der Waals surface area contributed by atoms with E-state index in [0.717, 1.165) is 43.5 Å². The molecule has 0 saturated heterocycles. The number of nitrogens with zero attached hydrogens (tertiary/aromatic N) is 1. The Labute approximate surface area is 331 Å². The Morgan fingerprint density at radius 1 is 0.667 bits per heavy atom. The number of carbonyl (C=O) groups excluding carboxylic acids is 1. The van der Waals surface area contributed by atoms with Gasteiger partial charge in [-0.05, 0) is 159 Å². The number of benzene rings is 2. The lowest BCUT2D eigenvalue weighted by Crippen LogP contribution is -2.54. The van der Waals surface area contributed by atoms with Crippen molar-refractivity contribution in [1.82, 2.24) is 0 Å². The molecule has 0 aromatic heterocycles. The molecule has 8 aliphatic carbocycles. The minimum Gasteiger partial charge on any atom is -0.445 e. The summed E-state index contributed by atoms with van der Waals surface area (Å²) in [5.74, 6) is 4.40. The van der Waals surface area contributed by atoms with Crippen LogP contribution >= 0.6 is 0 Å². The topological polar surface area (TPSA) is 61.8 Å². The average Bonchev–Trinajstić information content (AvgIpc) is 3.20. The fraction of sp³-hybridized carbons (Fsp3) is 0.735. The van der Waals surface area contributed by atoms with Crippen molar-refractivity contribution in [2.45, 2.75) is 171 Å². The molecule has 304 valence electrons. The van der Waals surface area contributed by atoms with Crippen molar-refractivity contribution in [3.63, 3.8) is 0 Å². The van der Waals surface area contributed by atoms with E-state index in [1.165, 1.54) is 93.9 Å². The molecule has 0 radical (unpaired) electrons. The zero-order valence-electron chi connectivity index (χ0n) is 36.3. The van der Waals surface area contributed by atoms with Gasteiger partial charge in [-0.25, -0.2) is 4.79 Å². The molecular weight excluding hydrogens is 665 g/mol. The number of nitrogens with one attached hydrogen (secondary N) is 1. The molecule has 2 aliphatic heterocycles. The molecule has 8 fully saturated rings. The summed E-state index contributed by atoms with van der Waals surface area (Å²) in [5.41, 5.74) is 6.28. The SMILES string of the molecule is CC.CC.CC.CC.CC12CC3CC(C1)C(O)C(C3)C2.CC12CC3CC(C1)C(OC(=O)N1CCCc4ccccc41)C(C3)C2.c1ccc2c(c1)CCCN2. The highest BCUT2D eigenvalue weighted by atomic mass is 16.6. The number of aliphatic hydroxyl groups is 1. The zero-order chi connectivity index (χ0) is 39.5. The van der Waals surface area contributed by atoms with Gasteiger partial charge in [0.1, 0.15) is 6.10 Å². The number of para-hydroxylation sites is 2. The molecule has 2 aromatic carbocycles. The molecule has 5 nitrogen and oxygen atoms in total. The van der Waals surface area contributed by atoms with E-state index in [1.54, 1.807) is 0 Å². The molecule has 1 amide bonds. The number of hydrogen-bond donors (Lipinski definition) is 2. The molecule has 12 rings (SSSR count). The van der Waals surface area contributed by atoms with Crippen LogP contribution in [-0.2, 0) is 17.6 Å². The van der Waals surface area contributed by atoms with Crippen molar-refractivity contribution in [3.05, 3.63) is 59.7 Å². The molecular formula is C49H80N2O3. The van der Waals surface area contributed by atoms with E-state index in [4.69, 9.17) is 4.74 Å². The lowest BCUT2D eigenvalue weighted by atomic mass is 9.49. The van der Waals surface area contributed by atoms with Crippen molar-refractivity contribution in [3.8, 4) is 0 Å². The summed E-state index contributed by atoms with van der Waals surface area (Å²) < 4.78 is 6.16. The van der Waals surface area contributed by atoms with Crippen LogP contribution in [0.3, 0.4) is 0 Å². The van der Waals surface area contributed by atoms with Crippen molar-refractivity contribution in [2.24, 2.45) is 46.3 Å². The molecule has 5 heteroatoms. The summed E-state index contributed by atoms with van der Waals surface area (Å²) >= 11 is 0. The average molecular weight is 745 g/mol. The number of aryl methyl sites for hydroxylation is 2. The fourth-order valence-corrected chi connectivity index (χ4v) is 12.3. The van der Waals surface area contributed by atoms with Gasteiger partial charge in [-0.3, -0.25) is 4.90 Å². The van der Waals surface area contributed by atoms with Gasteiger partial charge >= 0.3 is 6.09 Å². The van der Waals surface area contributed by atoms with Gasteiger partial charge in [0, 0.05) is 18.8 Å². The summed E-state index contributed by atoms with van der Waals surface area (Å²) in [7, 11) is 0. The number of hydrogen-bond acceptors (Lipinski definition) is 4. The number of amides is 1. The minimum absolute atomic E-state index is 0.0645. The van der Waals surface area contributed by atoms with Crippen LogP contribution in [0.15, 0.2) is 48.5 Å². The van der Waals surface area contributed by atoms with Crippen LogP contribution in [0.5, 0.6) is 0 Å². The Bertz CT molecular complexity index is 1370. The largest absolute Gasteiger partial charge is 0.445 e. The molecule has 8 bridgehead atoms. The van der Waals surface area contributed by atoms with Crippen molar-refractivity contribution < 1.29 is 14.6 Å². The Balaban J connectivity index is 0.000000182. The third-order valence-electron chi connectivity index (χ3n) is 13.5. The van der Waals surface area contributed by atoms with E-state index < -0.39 is 0 Å². The van der Waals surface area contributed by atoms with Crippen molar-refractivity contribution in [2.75, 3.05) is 23.3 Å². The van der Waals surface area contributed by atoms with Crippen LogP contribution < -0.4 is 10.2 Å². The second kappa shape index (κ2) is 20.6. The lowest BCUT2D eigenvalue weighted by Gasteiger charge is -2.58. The van der Waals surface area contributed by atoms with E-state index in [2.05, 4.69) is 61.6 Å². The minimum atomic E-state index is -0.107. The molecule has 54 heavy (non-hydrogen) atoms. The summed E-state index contributed by atoms with van der Waals surface area (Å²) in [6.45, 7) is 22.8. The van der Waals surface area contributed by atoms with Gasteiger partial charge in [0.05, 0.1) is 11.8 Å². The van der Waals surface area contributed by atoms with Gasteiger partial charge in [-0.1, -0.05) is 106 Å². The molecule has 10 aliphatic rings. The molecule has 8 saturated carbocycles. The third-order valence-corrected chi connectivity index (χ3v) is 13.5. The number of ether oxygens (including phenoxy) is 1. The smallest absolute Gasteiger partial charge is 0.414 e. The summed E-state index contributed by atoms with van der Waals surface area (Å²) in [6.07, 6.45) is 17.9.